The summed E-state index contributed by atoms with van der Waals surface area (Å²) in [6.07, 6.45) is -6.65. The van der Waals surface area contributed by atoms with E-state index in [-0.39, 0.29) is 0 Å². The van der Waals surface area contributed by atoms with E-state index in [4.69, 9.17) is 4.74 Å². The second-order valence-electron chi connectivity index (χ2n) is 4.34. The van der Waals surface area contributed by atoms with Crippen molar-refractivity contribution >= 4 is 22.0 Å². The summed E-state index contributed by atoms with van der Waals surface area (Å²) >= 11 is 2.76. The van der Waals surface area contributed by atoms with Crippen molar-refractivity contribution in [2.24, 2.45) is 0 Å². The number of alkyl halides is 3. The minimum atomic E-state index is -4.73. The number of urea groups is 1. The summed E-state index contributed by atoms with van der Waals surface area (Å²) < 4.78 is 43.2. The Morgan fingerprint density at radius 1 is 1.40 bits per heavy atom. The highest BCUT2D eigenvalue weighted by Crippen LogP contribution is 2.41. The molecule has 0 aromatic heterocycles. The largest absolute Gasteiger partial charge is 0.419 e. The van der Waals surface area contributed by atoms with E-state index in [0.717, 1.165) is 10.0 Å². The number of carbonyl (C=O) groups excluding carboxylic acids is 1. The number of likely N-dealkylation sites (N-methyl/N-ethyl adjacent to an activating group) is 1. The number of halogens is 4. The maximum absolute atomic E-state index is 12.9. The molecule has 0 spiro atoms. The number of hydrogen-bond donors (Lipinski definition) is 1. The zero-order valence-electron chi connectivity index (χ0n) is 10.5. The molecule has 1 N–H and O–H groups in total. The topological polar surface area (TPSA) is 56.2 Å². The Morgan fingerprint density at radius 2 is 1.95 bits per heavy atom. The van der Waals surface area contributed by atoms with Crippen LogP contribution in [-0.4, -0.2) is 71.8 Å². The Morgan fingerprint density at radius 3 is 2.40 bits per heavy atom. The summed E-state index contributed by atoms with van der Waals surface area (Å²) in [4.78, 5) is 13.6. The first-order valence-corrected chi connectivity index (χ1v) is 6.59. The van der Waals surface area contributed by atoms with Crippen molar-refractivity contribution < 1.29 is 27.8 Å². The van der Waals surface area contributed by atoms with Crippen LogP contribution >= 0.6 is 15.9 Å². The molecular formula is C10H13BrF3N3O3. The van der Waals surface area contributed by atoms with Crippen molar-refractivity contribution in [3.8, 4) is 0 Å². The van der Waals surface area contributed by atoms with Crippen LogP contribution in [0.3, 0.4) is 0 Å². The molecule has 20 heavy (non-hydrogen) atoms. The lowest BCUT2D eigenvalue weighted by molar-refractivity contribution is -0.122. The Bertz CT molecular complexity index is 437. The van der Waals surface area contributed by atoms with Crippen LogP contribution in [0.25, 0.3) is 0 Å². The molecule has 2 heterocycles. The number of amides is 2. The highest BCUT2D eigenvalue weighted by Gasteiger charge is 2.51. The molecule has 114 valence electrons. The molecule has 0 aliphatic carbocycles. The number of rotatable bonds is 0. The summed E-state index contributed by atoms with van der Waals surface area (Å²) in [6, 6.07) is -0.638. The molecular weight excluding hydrogens is 347 g/mol. The van der Waals surface area contributed by atoms with Crippen molar-refractivity contribution in [1.82, 2.24) is 14.9 Å². The van der Waals surface area contributed by atoms with E-state index in [2.05, 4.69) is 15.9 Å². The third-order valence-electron chi connectivity index (χ3n) is 3.10. The van der Waals surface area contributed by atoms with Gasteiger partial charge in [0.2, 0.25) is 0 Å². The number of hydrogen-bond acceptors (Lipinski definition) is 4. The Balaban J connectivity index is 2.27. The predicted octanol–water partition coefficient (Wildman–Crippen LogP) is 1.09. The maximum Gasteiger partial charge on any atom is 0.419 e. The van der Waals surface area contributed by atoms with E-state index in [1.54, 1.807) is 0 Å². The Labute approximate surface area is 121 Å². The van der Waals surface area contributed by atoms with Crippen molar-refractivity contribution in [1.29, 1.82) is 0 Å². The van der Waals surface area contributed by atoms with Gasteiger partial charge in [-0.05, 0) is 15.9 Å². The Kier molecular flexibility index (Phi) is 4.28. The van der Waals surface area contributed by atoms with Crippen LogP contribution in [0, 0.1) is 0 Å². The molecule has 1 unspecified atom stereocenters. The van der Waals surface area contributed by atoms with Crippen molar-refractivity contribution in [3.63, 3.8) is 0 Å². The smallest absolute Gasteiger partial charge is 0.378 e. The highest BCUT2D eigenvalue weighted by atomic mass is 79.9. The molecule has 6 nitrogen and oxygen atoms in total. The number of ether oxygens (including phenoxy) is 1. The van der Waals surface area contributed by atoms with Crippen LogP contribution in [0.5, 0.6) is 0 Å². The highest BCUT2D eigenvalue weighted by molar-refractivity contribution is 9.11. The number of carbonyl (C=O) groups is 1. The fraction of sp³-hybridized carbons (Fsp3) is 0.700. The van der Waals surface area contributed by atoms with Crippen molar-refractivity contribution in [2.45, 2.75) is 12.4 Å². The third kappa shape index (κ3) is 2.65. The van der Waals surface area contributed by atoms with Crippen LogP contribution in [0.15, 0.2) is 10.2 Å². The second kappa shape index (κ2) is 5.51. The zero-order chi connectivity index (χ0) is 15.1. The molecule has 0 aromatic carbocycles. The third-order valence-corrected chi connectivity index (χ3v) is 3.87. The molecule has 1 fully saturated rings. The van der Waals surface area contributed by atoms with Gasteiger partial charge in [-0.1, -0.05) is 0 Å². The molecule has 2 rings (SSSR count). The number of aliphatic hydroxyl groups is 1. The van der Waals surface area contributed by atoms with Crippen LogP contribution in [-0.2, 0) is 4.74 Å². The van der Waals surface area contributed by atoms with Gasteiger partial charge in [-0.2, -0.15) is 18.2 Å². The van der Waals surface area contributed by atoms with Gasteiger partial charge in [0, 0.05) is 20.1 Å². The molecule has 2 amide bonds. The number of nitrogens with zero attached hydrogens (tertiary/aromatic N) is 3. The van der Waals surface area contributed by atoms with Gasteiger partial charge in [-0.15, -0.1) is 0 Å². The fourth-order valence-corrected chi connectivity index (χ4v) is 2.86. The summed E-state index contributed by atoms with van der Waals surface area (Å²) in [5, 5.41) is 11.3. The minimum Gasteiger partial charge on any atom is -0.378 e. The SMILES string of the molecule is CN1C(O)C(C(F)(F)F)=C(Br)N1C(=O)N1CCOCC1. The first-order valence-electron chi connectivity index (χ1n) is 5.79. The van der Waals surface area contributed by atoms with E-state index in [1.807, 2.05) is 0 Å². The standard InChI is InChI=1S/C10H13BrF3N3O3/c1-15-8(18)6(10(12,13)14)7(11)17(15)9(19)16-2-4-20-5-3-16/h8,18H,2-5H2,1H3. The van der Waals surface area contributed by atoms with Crippen LogP contribution < -0.4 is 0 Å². The molecule has 10 heteroatoms. The quantitative estimate of drug-likeness (QED) is 0.658. The van der Waals surface area contributed by atoms with E-state index in [0.29, 0.717) is 26.3 Å². The van der Waals surface area contributed by atoms with Crippen LogP contribution in [0.2, 0.25) is 0 Å². The van der Waals surface area contributed by atoms with Gasteiger partial charge >= 0.3 is 12.2 Å². The maximum atomic E-state index is 12.9. The van der Waals surface area contributed by atoms with Gasteiger partial charge < -0.3 is 14.7 Å². The molecule has 0 radical (unpaired) electrons. The average Bonchev–Trinajstić information content (AvgIpc) is 2.60. The van der Waals surface area contributed by atoms with Gasteiger partial charge in [0.05, 0.1) is 13.2 Å². The lowest BCUT2D eigenvalue weighted by Crippen LogP contribution is -2.52. The lowest BCUT2D eigenvalue weighted by atomic mass is 10.2. The first kappa shape index (κ1) is 15.5. The van der Waals surface area contributed by atoms with Gasteiger partial charge in [0.25, 0.3) is 0 Å². The van der Waals surface area contributed by atoms with Gasteiger partial charge in [-0.25, -0.2) is 9.80 Å². The van der Waals surface area contributed by atoms with Crippen molar-refractivity contribution in [2.75, 3.05) is 33.4 Å². The molecule has 1 atom stereocenters. The molecule has 1 saturated heterocycles. The van der Waals surface area contributed by atoms with Crippen molar-refractivity contribution in [3.05, 3.63) is 10.2 Å². The van der Waals surface area contributed by atoms with E-state index < -0.39 is 28.6 Å². The normalized spacial score (nSPS) is 25.6. The van der Waals surface area contributed by atoms with Gasteiger partial charge in [-0.3, -0.25) is 0 Å². The number of hydrazine groups is 1. The predicted molar refractivity (Wildman–Crippen MR) is 65.4 cm³/mol. The fourth-order valence-electron chi connectivity index (χ4n) is 2.03. The van der Waals surface area contributed by atoms with Gasteiger partial charge in [0.1, 0.15) is 10.2 Å². The molecule has 0 bridgehead atoms. The monoisotopic (exact) mass is 359 g/mol. The molecule has 0 aromatic rings. The molecule has 2 aliphatic heterocycles. The molecule has 2 aliphatic rings. The van der Waals surface area contributed by atoms with Gasteiger partial charge in [0.15, 0.2) is 6.23 Å². The zero-order valence-corrected chi connectivity index (χ0v) is 12.1. The van der Waals surface area contributed by atoms with Crippen LogP contribution in [0.4, 0.5) is 18.0 Å². The molecule has 0 saturated carbocycles. The summed E-state index contributed by atoms with van der Waals surface area (Å²) in [5.41, 5.74) is -1.19. The summed E-state index contributed by atoms with van der Waals surface area (Å²) in [5.74, 6) is 0. The average molecular weight is 360 g/mol. The number of morpholine rings is 1. The van der Waals surface area contributed by atoms with E-state index in [1.165, 1.54) is 11.9 Å². The first-order chi connectivity index (χ1) is 9.25. The van der Waals surface area contributed by atoms with E-state index in [9.17, 15) is 23.1 Å². The Hall–Kier alpha value is -0.840. The number of aliphatic hydroxyl groups excluding tert-OH is 1. The second-order valence-corrected chi connectivity index (χ2v) is 5.09. The lowest BCUT2D eigenvalue weighted by Gasteiger charge is -2.34. The van der Waals surface area contributed by atoms with Crippen LogP contribution in [0.1, 0.15) is 0 Å². The summed E-state index contributed by atoms with van der Waals surface area (Å²) in [6.45, 7) is 1.25. The summed E-state index contributed by atoms with van der Waals surface area (Å²) in [7, 11) is 1.21. The minimum absolute atomic E-state index is 0.293. The van der Waals surface area contributed by atoms with E-state index >= 15 is 0 Å².